The number of hydrogen-bond acceptors (Lipinski definition) is 3. The number of anilines is 5. The number of fused-ring (bicyclic) bond motifs is 3. The summed E-state index contributed by atoms with van der Waals surface area (Å²) in [6.45, 7) is 34.6. The standard InChI is InChI=1S/C47H55BN2S/c1-14-32(6)43-44(51-29(2)3)48-38-22-15-30(4)25-39(38)49(35-20-21-36-37(28-35)47(12,13)24-23-46(36,10)11)40-26-31(5)27-41(42(40)48)50(43)34-18-16-33(17-19-34)45(7,8)9/h14-22,25-29H,1,6,23-24H2,2-5,7-13H3. The van der Waals surface area contributed by atoms with Crippen molar-refractivity contribution < 1.29 is 0 Å². The highest BCUT2D eigenvalue weighted by molar-refractivity contribution is 8.05. The summed E-state index contributed by atoms with van der Waals surface area (Å²) in [7, 11) is 0. The van der Waals surface area contributed by atoms with Crippen molar-refractivity contribution in [3.05, 3.63) is 136 Å². The maximum Gasteiger partial charge on any atom is 0.259 e. The third-order valence-corrected chi connectivity index (χ3v) is 12.7. The predicted octanol–water partition coefficient (Wildman–Crippen LogP) is 12.1. The first-order chi connectivity index (χ1) is 23.9. The van der Waals surface area contributed by atoms with Crippen LogP contribution in [0.3, 0.4) is 0 Å². The molecule has 0 saturated carbocycles. The molecule has 3 aliphatic rings. The molecular weight excluding hydrogens is 635 g/mol. The minimum atomic E-state index is 0.0665. The van der Waals surface area contributed by atoms with Crippen LogP contribution >= 0.6 is 11.8 Å². The fraction of sp³-hybridized carbons (Fsp3) is 0.362. The van der Waals surface area contributed by atoms with Gasteiger partial charge in [-0.15, -0.1) is 11.8 Å². The molecule has 0 bridgehead atoms. The van der Waals surface area contributed by atoms with Crippen LogP contribution in [0.1, 0.15) is 103 Å². The van der Waals surface area contributed by atoms with E-state index < -0.39 is 0 Å². The van der Waals surface area contributed by atoms with E-state index in [4.69, 9.17) is 0 Å². The van der Waals surface area contributed by atoms with Crippen LogP contribution < -0.4 is 20.7 Å². The van der Waals surface area contributed by atoms with E-state index in [1.165, 1.54) is 79.1 Å². The van der Waals surface area contributed by atoms with Crippen LogP contribution in [-0.4, -0.2) is 12.0 Å². The Kier molecular flexibility index (Phi) is 8.61. The molecule has 0 N–H and O–H groups in total. The molecule has 4 aromatic rings. The van der Waals surface area contributed by atoms with Gasteiger partial charge in [0, 0.05) is 33.7 Å². The van der Waals surface area contributed by atoms with Crippen molar-refractivity contribution in [1.82, 2.24) is 0 Å². The van der Waals surface area contributed by atoms with Crippen molar-refractivity contribution >= 4 is 57.8 Å². The average Bonchev–Trinajstić information content (AvgIpc) is 3.06. The van der Waals surface area contributed by atoms with Gasteiger partial charge >= 0.3 is 0 Å². The molecule has 0 unspecified atom stereocenters. The largest absolute Gasteiger partial charge is 0.311 e. The van der Waals surface area contributed by atoms with Gasteiger partial charge < -0.3 is 9.80 Å². The van der Waals surface area contributed by atoms with E-state index in [9.17, 15) is 0 Å². The van der Waals surface area contributed by atoms with Gasteiger partial charge in [0.25, 0.3) is 6.71 Å². The molecule has 0 aromatic heterocycles. The van der Waals surface area contributed by atoms with Gasteiger partial charge in [0.2, 0.25) is 0 Å². The molecule has 7 rings (SSSR count). The number of thioether (sulfide) groups is 1. The van der Waals surface area contributed by atoms with Gasteiger partial charge in [-0.2, -0.15) is 0 Å². The lowest BCUT2D eigenvalue weighted by Crippen LogP contribution is -2.56. The second-order valence-corrected chi connectivity index (χ2v) is 19.4. The van der Waals surface area contributed by atoms with Crippen LogP contribution in [0.15, 0.2) is 108 Å². The minimum Gasteiger partial charge on any atom is -0.311 e. The van der Waals surface area contributed by atoms with E-state index in [0.29, 0.717) is 5.25 Å². The first-order valence-electron chi connectivity index (χ1n) is 18.8. The SMILES string of the molecule is C=CC(=C)C1=C(SC(C)C)B2c3ccc(C)cc3N(c3ccc4c(c3)C(C)(C)CCC4(C)C)c3cc(C)cc(c32)N1c1ccc(C(C)(C)C)cc1. The quantitative estimate of drug-likeness (QED) is 0.147. The molecule has 2 heterocycles. The Labute approximate surface area is 312 Å². The molecule has 4 heteroatoms. The Morgan fingerprint density at radius 2 is 1.35 bits per heavy atom. The molecule has 0 fully saturated rings. The smallest absolute Gasteiger partial charge is 0.259 e. The maximum atomic E-state index is 4.65. The number of rotatable bonds is 6. The summed E-state index contributed by atoms with van der Waals surface area (Å²) in [6.07, 6.45) is 4.34. The third-order valence-electron chi connectivity index (χ3n) is 11.5. The molecule has 51 heavy (non-hydrogen) atoms. The van der Waals surface area contributed by atoms with Crippen molar-refractivity contribution in [2.45, 2.75) is 110 Å². The van der Waals surface area contributed by atoms with Crippen LogP contribution in [0.4, 0.5) is 28.4 Å². The summed E-state index contributed by atoms with van der Waals surface area (Å²) in [5.74, 6) is 0. The van der Waals surface area contributed by atoms with Crippen LogP contribution in [0.2, 0.25) is 0 Å². The molecule has 0 amide bonds. The monoisotopic (exact) mass is 690 g/mol. The molecule has 0 atom stereocenters. The summed E-state index contributed by atoms with van der Waals surface area (Å²) in [5, 5.41) is 0.381. The second kappa shape index (κ2) is 12.4. The van der Waals surface area contributed by atoms with Crippen molar-refractivity contribution in [2.24, 2.45) is 0 Å². The first-order valence-corrected chi connectivity index (χ1v) is 19.6. The second-order valence-electron chi connectivity index (χ2n) is 17.8. The van der Waals surface area contributed by atoms with Crippen molar-refractivity contribution in [2.75, 3.05) is 9.80 Å². The lowest BCUT2D eigenvalue weighted by Gasteiger charge is -2.46. The Bertz CT molecular complexity index is 2110. The Balaban J connectivity index is 1.56. The number of hydrogen-bond donors (Lipinski definition) is 0. The van der Waals surface area contributed by atoms with Gasteiger partial charge in [-0.3, -0.25) is 0 Å². The Hall–Kier alpha value is -3.89. The Morgan fingerprint density at radius 1 is 0.765 bits per heavy atom. The molecule has 0 saturated heterocycles. The van der Waals surface area contributed by atoms with Gasteiger partial charge in [-0.25, -0.2) is 0 Å². The van der Waals surface area contributed by atoms with Crippen LogP contribution in [-0.2, 0) is 16.2 Å². The zero-order chi connectivity index (χ0) is 36.8. The summed E-state index contributed by atoms with van der Waals surface area (Å²) < 4.78 is 0. The molecule has 4 aromatic carbocycles. The number of nitrogens with zero attached hydrogens (tertiary/aromatic N) is 2. The zero-order valence-corrected chi connectivity index (χ0v) is 33.6. The lowest BCUT2D eigenvalue weighted by atomic mass is 9.36. The van der Waals surface area contributed by atoms with Crippen LogP contribution in [0.5, 0.6) is 0 Å². The summed E-state index contributed by atoms with van der Waals surface area (Å²) in [6, 6.07) is 28.5. The van der Waals surface area contributed by atoms with Gasteiger partial charge in [0.15, 0.2) is 0 Å². The van der Waals surface area contributed by atoms with Gasteiger partial charge in [0.1, 0.15) is 0 Å². The van der Waals surface area contributed by atoms with E-state index in [-0.39, 0.29) is 23.0 Å². The highest BCUT2D eigenvalue weighted by Gasteiger charge is 2.46. The fourth-order valence-electron chi connectivity index (χ4n) is 8.59. The number of aryl methyl sites for hydroxylation is 2. The predicted molar refractivity (Wildman–Crippen MR) is 227 cm³/mol. The molecule has 1 aliphatic carbocycles. The molecular formula is C47H55BN2S. The normalized spacial score (nSPS) is 17.3. The number of benzene rings is 4. The van der Waals surface area contributed by atoms with E-state index in [0.717, 1.165) is 17.0 Å². The number of allylic oxidation sites excluding steroid dienone is 1. The van der Waals surface area contributed by atoms with E-state index >= 15 is 0 Å². The zero-order valence-electron chi connectivity index (χ0n) is 32.8. The molecule has 0 spiro atoms. The van der Waals surface area contributed by atoms with Gasteiger partial charge in [-0.1, -0.05) is 112 Å². The fourth-order valence-corrected chi connectivity index (χ4v) is 9.81. The van der Waals surface area contributed by atoms with Gasteiger partial charge in [0.05, 0.1) is 5.70 Å². The van der Waals surface area contributed by atoms with Crippen LogP contribution in [0, 0.1) is 13.8 Å². The average molecular weight is 691 g/mol. The topological polar surface area (TPSA) is 6.48 Å². The van der Waals surface area contributed by atoms with E-state index in [1.54, 1.807) is 0 Å². The van der Waals surface area contributed by atoms with Crippen molar-refractivity contribution in [3.8, 4) is 0 Å². The van der Waals surface area contributed by atoms with Crippen LogP contribution in [0.25, 0.3) is 0 Å². The molecule has 2 aliphatic heterocycles. The van der Waals surface area contributed by atoms with E-state index in [1.807, 2.05) is 17.8 Å². The molecule has 262 valence electrons. The lowest BCUT2D eigenvalue weighted by molar-refractivity contribution is 0.332. The minimum absolute atomic E-state index is 0.0665. The first kappa shape index (κ1) is 35.5. The van der Waals surface area contributed by atoms with Crippen molar-refractivity contribution in [1.29, 1.82) is 0 Å². The summed E-state index contributed by atoms with van der Waals surface area (Å²) in [5.41, 5.74) is 18.1. The third kappa shape index (κ3) is 5.92. The summed E-state index contributed by atoms with van der Waals surface area (Å²) in [4.78, 5) is 6.40. The highest BCUT2D eigenvalue weighted by atomic mass is 32.2. The summed E-state index contributed by atoms with van der Waals surface area (Å²) >= 11 is 1.97. The molecule has 2 nitrogen and oxygen atoms in total. The highest BCUT2D eigenvalue weighted by Crippen LogP contribution is 2.51. The van der Waals surface area contributed by atoms with Gasteiger partial charge in [-0.05, 0) is 135 Å². The maximum absolute atomic E-state index is 4.65. The van der Waals surface area contributed by atoms with E-state index in [2.05, 4.69) is 172 Å². The molecule has 0 radical (unpaired) electrons. The van der Waals surface area contributed by atoms with Crippen molar-refractivity contribution in [3.63, 3.8) is 0 Å². The Morgan fingerprint density at radius 3 is 1.96 bits per heavy atom.